The third-order valence-corrected chi connectivity index (χ3v) is 3.32. The predicted molar refractivity (Wildman–Crippen MR) is 67.1 cm³/mol. The van der Waals surface area contributed by atoms with E-state index >= 15 is 0 Å². The second kappa shape index (κ2) is 5.07. The number of halogens is 1. The number of hydrogen-bond acceptors (Lipinski definition) is 2. The fraction of sp³-hybridized carbons (Fsp3) is 0.462. The Bertz CT molecular complexity index is 400. The zero-order chi connectivity index (χ0) is 12.4. The Morgan fingerprint density at radius 2 is 2.06 bits per heavy atom. The molecule has 0 aliphatic heterocycles. The molecule has 1 aliphatic carbocycles. The molecule has 3 nitrogen and oxygen atoms in total. The number of benzene rings is 1. The summed E-state index contributed by atoms with van der Waals surface area (Å²) < 4.78 is 0. The molecule has 0 radical (unpaired) electrons. The maximum Gasteiger partial charge on any atom is 0.253 e. The van der Waals surface area contributed by atoms with Crippen molar-refractivity contribution < 1.29 is 9.90 Å². The third kappa shape index (κ3) is 3.20. The highest BCUT2D eigenvalue weighted by atomic mass is 35.5. The van der Waals surface area contributed by atoms with Crippen LogP contribution in [0.1, 0.15) is 23.2 Å². The van der Waals surface area contributed by atoms with Crippen LogP contribution < -0.4 is 0 Å². The van der Waals surface area contributed by atoms with E-state index in [9.17, 15) is 9.90 Å². The van der Waals surface area contributed by atoms with Gasteiger partial charge < -0.3 is 10.0 Å². The number of hydrogen-bond donors (Lipinski definition) is 1. The van der Waals surface area contributed by atoms with Gasteiger partial charge in [-0.3, -0.25) is 4.79 Å². The van der Waals surface area contributed by atoms with Crippen molar-refractivity contribution in [2.24, 2.45) is 5.92 Å². The number of nitrogens with zero attached hydrogens (tertiary/aromatic N) is 1. The van der Waals surface area contributed by atoms with Crippen LogP contribution in [0.4, 0.5) is 0 Å². The van der Waals surface area contributed by atoms with Crippen LogP contribution in [0.2, 0.25) is 5.02 Å². The minimum atomic E-state index is -0.392. The Labute approximate surface area is 106 Å². The van der Waals surface area contributed by atoms with E-state index in [1.807, 2.05) is 0 Å². The molecule has 92 valence electrons. The van der Waals surface area contributed by atoms with Gasteiger partial charge in [0, 0.05) is 24.2 Å². The van der Waals surface area contributed by atoms with E-state index < -0.39 is 6.10 Å². The molecule has 0 saturated heterocycles. The predicted octanol–water partition coefficient (Wildman–Crippen LogP) is 2.18. The monoisotopic (exact) mass is 253 g/mol. The summed E-state index contributed by atoms with van der Waals surface area (Å²) in [7, 11) is 1.71. The van der Waals surface area contributed by atoms with Gasteiger partial charge in [0.15, 0.2) is 0 Å². The zero-order valence-electron chi connectivity index (χ0n) is 9.77. The quantitative estimate of drug-likeness (QED) is 0.894. The molecule has 0 bridgehead atoms. The SMILES string of the molecule is CN(CC(O)C1CC1)C(=O)c1ccc(Cl)cc1. The summed E-state index contributed by atoms with van der Waals surface area (Å²) in [5, 5.41) is 10.4. The van der Waals surface area contributed by atoms with Gasteiger partial charge in [0.1, 0.15) is 0 Å². The van der Waals surface area contributed by atoms with Crippen LogP contribution in [-0.2, 0) is 0 Å². The maximum absolute atomic E-state index is 12.0. The number of rotatable bonds is 4. The molecule has 1 aromatic carbocycles. The number of aliphatic hydroxyl groups excluding tert-OH is 1. The van der Waals surface area contributed by atoms with Crippen LogP contribution in [0, 0.1) is 5.92 Å². The molecule has 1 atom stereocenters. The first-order chi connectivity index (χ1) is 8.08. The number of carbonyl (C=O) groups excluding carboxylic acids is 1. The highest BCUT2D eigenvalue weighted by Crippen LogP contribution is 2.32. The van der Waals surface area contributed by atoms with Crippen LogP contribution >= 0.6 is 11.6 Å². The Hall–Kier alpha value is -1.06. The summed E-state index contributed by atoms with van der Waals surface area (Å²) in [6.45, 7) is 0.395. The van der Waals surface area contributed by atoms with E-state index in [1.165, 1.54) is 0 Å². The van der Waals surface area contributed by atoms with Crippen molar-refractivity contribution in [1.29, 1.82) is 0 Å². The van der Waals surface area contributed by atoms with Crippen LogP contribution in [0.15, 0.2) is 24.3 Å². The first-order valence-electron chi connectivity index (χ1n) is 5.77. The molecule has 0 heterocycles. The van der Waals surface area contributed by atoms with Crippen LogP contribution in [0.3, 0.4) is 0 Å². The Morgan fingerprint density at radius 1 is 1.47 bits per heavy atom. The number of carbonyl (C=O) groups is 1. The molecule has 1 N–H and O–H groups in total. The summed E-state index contributed by atoms with van der Waals surface area (Å²) in [6.07, 6.45) is 1.75. The van der Waals surface area contributed by atoms with Gasteiger partial charge in [-0.15, -0.1) is 0 Å². The molecule has 1 saturated carbocycles. The van der Waals surface area contributed by atoms with Crippen molar-refractivity contribution >= 4 is 17.5 Å². The molecule has 0 spiro atoms. The molecular weight excluding hydrogens is 238 g/mol. The van der Waals surface area contributed by atoms with Gasteiger partial charge >= 0.3 is 0 Å². The van der Waals surface area contributed by atoms with Crippen LogP contribution in [0.25, 0.3) is 0 Å². The number of aliphatic hydroxyl groups is 1. The smallest absolute Gasteiger partial charge is 0.253 e. The fourth-order valence-corrected chi connectivity index (χ4v) is 1.93. The highest BCUT2D eigenvalue weighted by Gasteiger charge is 2.31. The Balaban J connectivity index is 1.96. The topological polar surface area (TPSA) is 40.5 Å². The van der Waals surface area contributed by atoms with Crippen molar-refractivity contribution in [2.45, 2.75) is 18.9 Å². The average Bonchev–Trinajstić information content (AvgIpc) is 3.12. The van der Waals surface area contributed by atoms with E-state index in [0.29, 0.717) is 23.0 Å². The van der Waals surface area contributed by atoms with E-state index in [4.69, 9.17) is 11.6 Å². The van der Waals surface area contributed by atoms with Crippen molar-refractivity contribution in [1.82, 2.24) is 4.90 Å². The van der Waals surface area contributed by atoms with Crippen molar-refractivity contribution in [3.8, 4) is 0 Å². The van der Waals surface area contributed by atoms with Crippen LogP contribution in [-0.4, -0.2) is 35.6 Å². The molecular formula is C13H16ClNO2. The maximum atomic E-state index is 12.0. The lowest BCUT2D eigenvalue weighted by Gasteiger charge is -2.20. The van der Waals surface area contributed by atoms with E-state index in [2.05, 4.69) is 0 Å². The second-order valence-corrected chi connectivity index (χ2v) is 5.03. The van der Waals surface area contributed by atoms with Gasteiger partial charge in [-0.05, 0) is 43.0 Å². The lowest BCUT2D eigenvalue weighted by Crippen LogP contribution is -2.35. The van der Waals surface area contributed by atoms with Gasteiger partial charge in [0.05, 0.1) is 6.10 Å². The zero-order valence-corrected chi connectivity index (χ0v) is 10.5. The minimum Gasteiger partial charge on any atom is -0.391 e. The van der Waals surface area contributed by atoms with E-state index in [1.54, 1.807) is 36.2 Å². The van der Waals surface area contributed by atoms with E-state index in [-0.39, 0.29) is 5.91 Å². The van der Waals surface area contributed by atoms with Crippen molar-refractivity contribution in [3.63, 3.8) is 0 Å². The summed E-state index contributed by atoms with van der Waals surface area (Å²) in [5.41, 5.74) is 0.597. The first kappa shape index (κ1) is 12.4. The number of likely N-dealkylation sites (N-methyl/N-ethyl adjacent to an activating group) is 1. The highest BCUT2D eigenvalue weighted by molar-refractivity contribution is 6.30. The summed E-state index contributed by atoms with van der Waals surface area (Å²) in [6, 6.07) is 6.79. The van der Waals surface area contributed by atoms with Gasteiger partial charge in [0.25, 0.3) is 5.91 Å². The third-order valence-electron chi connectivity index (χ3n) is 3.06. The van der Waals surface area contributed by atoms with Gasteiger partial charge in [0.2, 0.25) is 0 Å². The lowest BCUT2D eigenvalue weighted by atomic mass is 10.1. The Kier molecular flexibility index (Phi) is 3.69. The van der Waals surface area contributed by atoms with Crippen molar-refractivity contribution in [2.75, 3.05) is 13.6 Å². The normalized spacial score (nSPS) is 16.6. The molecule has 17 heavy (non-hydrogen) atoms. The molecule has 1 amide bonds. The largest absolute Gasteiger partial charge is 0.391 e. The lowest BCUT2D eigenvalue weighted by molar-refractivity contribution is 0.0645. The van der Waals surface area contributed by atoms with Gasteiger partial charge in [-0.2, -0.15) is 0 Å². The van der Waals surface area contributed by atoms with Gasteiger partial charge in [-0.1, -0.05) is 11.6 Å². The van der Waals surface area contributed by atoms with Gasteiger partial charge in [-0.25, -0.2) is 0 Å². The molecule has 2 rings (SSSR count). The standard InChI is InChI=1S/C13H16ClNO2/c1-15(8-12(16)9-2-3-9)13(17)10-4-6-11(14)7-5-10/h4-7,9,12,16H,2-3,8H2,1H3. The average molecular weight is 254 g/mol. The molecule has 1 aliphatic rings. The molecule has 1 fully saturated rings. The summed E-state index contributed by atoms with van der Waals surface area (Å²) >= 11 is 5.77. The molecule has 4 heteroatoms. The Morgan fingerprint density at radius 3 is 2.59 bits per heavy atom. The molecule has 1 aromatic rings. The molecule has 0 aromatic heterocycles. The minimum absolute atomic E-state index is 0.0821. The summed E-state index contributed by atoms with van der Waals surface area (Å²) in [4.78, 5) is 13.6. The van der Waals surface area contributed by atoms with Crippen molar-refractivity contribution in [3.05, 3.63) is 34.9 Å². The molecule has 1 unspecified atom stereocenters. The summed E-state index contributed by atoms with van der Waals surface area (Å²) in [5.74, 6) is 0.303. The van der Waals surface area contributed by atoms with E-state index in [0.717, 1.165) is 12.8 Å². The van der Waals surface area contributed by atoms with Crippen LogP contribution in [0.5, 0.6) is 0 Å². The first-order valence-corrected chi connectivity index (χ1v) is 6.15. The fourth-order valence-electron chi connectivity index (χ4n) is 1.81. The second-order valence-electron chi connectivity index (χ2n) is 4.60. The number of amides is 1.